The van der Waals surface area contributed by atoms with Gasteiger partial charge in [0.2, 0.25) is 0 Å². The highest BCUT2D eigenvalue weighted by Gasteiger charge is 2.19. The highest BCUT2D eigenvalue weighted by Crippen LogP contribution is 2.24. The maximum atomic E-state index is 12.6. The molecule has 0 aliphatic rings. The molecule has 0 fully saturated rings. The van der Waals surface area contributed by atoms with E-state index in [-0.39, 0.29) is 24.4 Å². The summed E-state index contributed by atoms with van der Waals surface area (Å²) in [5.41, 5.74) is 6.49. The van der Waals surface area contributed by atoms with E-state index in [0.717, 1.165) is 6.42 Å². The lowest BCUT2D eigenvalue weighted by molar-refractivity contribution is 0.0782. The summed E-state index contributed by atoms with van der Waals surface area (Å²) >= 11 is 6.02. The number of ether oxygens (including phenoxy) is 2. The number of hydrogen-bond donors (Lipinski definition) is 1. The minimum absolute atomic E-state index is 0. The first kappa shape index (κ1) is 23.0. The number of rotatable bonds is 9. The standard InChI is InChI=1S/C17H27ClN2O3.ClH/c1-12(2)15(19)7-8-20(3)17(21)14-11-13(18)5-6-16(14)23-10-9-22-4;/h5-6,11-12,15H,7-10,19H2,1-4H3;1H. The van der Waals surface area contributed by atoms with Crippen molar-refractivity contribution in [2.24, 2.45) is 11.7 Å². The van der Waals surface area contributed by atoms with Crippen LogP contribution in [0.4, 0.5) is 0 Å². The SMILES string of the molecule is COCCOc1ccc(Cl)cc1C(=O)N(C)CCC(N)C(C)C.Cl. The summed E-state index contributed by atoms with van der Waals surface area (Å²) in [7, 11) is 3.36. The Hall–Kier alpha value is -1.01. The van der Waals surface area contributed by atoms with Crippen LogP contribution in [0.1, 0.15) is 30.6 Å². The van der Waals surface area contributed by atoms with Gasteiger partial charge in [-0.15, -0.1) is 12.4 Å². The fraction of sp³-hybridized carbons (Fsp3) is 0.588. The Morgan fingerprint density at radius 3 is 2.58 bits per heavy atom. The second-order valence-electron chi connectivity index (χ2n) is 5.90. The van der Waals surface area contributed by atoms with Gasteiger partial charge in [-0.3, -0.25) is 4.79 Å². The minimum Gasteiger partial charge on any atom is -0.490 e. The molecule has 0 bridgehead atoms. The van der Waals surface area contributed by atoms with Gasteiger partial charge >= 0.3 is 0 Å². The molecular weight excluding hydrogens is 351 g/mol. The first-order chi connectivity index (χ1) is 10.9. The van der Waals surface area contributed by atoms with E-state index >= 15 is 0 Å². The predicted molar refractivity (Wildman–Crippen MR) is 100 cm³/mol. The molecule has 5 nitrogen and oxygen atoms in total. The zero-order valence-corrected chi connectivity index (χ0v) is 16.3. The molecule has 0 radical (unpaired) electrons. The van der Waals surface area contributed by atoms with Gasteiger partial charge in [0.15, 0.2) is 0 Å². The van der Waals surface area contributed by atoms with Crippen molar-refractivity contribution < 1.29 is 14.3 Å². The topological polar surface area (TPSA) is 64.8 Å². The summed E-state index contributed by atoms with van der Waals surface area (Å²) < 4.78 is 10.6. The molecule has 1 unspecified atom stereocenters. The van der Waals surface area contributed by atoms with Crippen LogP contribution in [0.5, 0.6) is 5.75 Å². The number of nitrogens with zero attached hydrogens (tertiary/aromatic N) is 1. The molecule has 0 heterocycles. The van der Waals surface area contributed by atoms with Gasteiger partial charge in [0.25, 0.3) is 5.91 Å². The van der Waals surface area contributed by atoms with Gasteiger partial charge in [0.05, 0.1) is 12.2 Å². The minimum atomic E-state index is -0.129. The number of amides is 1. The van der Waals surface area contributed by atoms with Crippen LogP contribution in [-0.2, 0) is 4.74 Å². The second-order valence-corrected chi connectivity index (χ2v) is 6.34. The zero-order chi connectivity index (χ0) is 17.4. The predicted octanol–water partition coefficient (Wildman–Crippen LogP) is 3.23. The van der Waals surface area contributed by atoms with Crippen LogP contribution in [0, 0.1) is 5.92 Å². The average Bonchev–Trinajstić information content (AvgIpc) is 2.52. The lowest BCUT2D eigenvalue weighted by Gasteiger charge is -2.22. The number of carbonyl (C=O) groups is 1. The van der Waals surface area contributed by atoms with E-state index in [1.54, 1.807) is 37.3 Å². The molecule has 0 aromatic heterocycles. The molecule has 0 saturated heterocycles. The van der Waals surface area contributed by atoms with E-state index in [1.807, 2.05) is 0 Å². The molecule has 1 amide bonds. The molecule has 7 heteroatoms. The molecular formula is C17H28Cl2N2O3. The van der Waals surface area contributed by atoms with Crippen LogP contribution in [0.25, 0.3) is 0 Å². The third kappa shape index (κ3) is 7.26. The van der Waals surface area contributed by atoms with Gasteiger partial charge in [-0.2, -0.15) is 0 Å². The number of halogens is 2. The summed E-state index contributed by atoms with van der Waals surface area (Å²) in [5, 5.41) is 0.500. The highest BCUT2D eigenvalue weighted by atomic mass is 35.5. The van der Waals surface area contributed by atoms with Crippen LogP contribution in [0.2, 0.25) is 5.02 Å². The van der Waals surface area contributed by atoms with Crippen LogP contribution < -0.4 is 10.5 Å². The van der Waals surface area contributed by atoms with Crippen molar-refractivity contribution in [3.05, 3.63) is 28.8 Å². The van der Waals surface area contributed by atoms with E-state index in [9.17, 15) is 4.79 Å². The third-order valence-electron chi connectivity index (χ3n) is 3.72. The molecule has 1 aromatic carbocycles. The van der Waals surface area contributed by atoms with E-state index in [0.29, 0.717) is 42.0 Å². The van der Waals surface area contributed by atoms with Gasteiger partial charge < -0.3 is 20.1 Å². The van der Waals surface area contributed by atoms with E-state index < -0.39 is 0 Å². The Labute approximate surface area is 155 Å². The first-order valence-corrected chi connectivity index (χ1v) is 8.17. The van der Waals surface area contributed by atoms with Crippen molar-refractivity contribution in [1.82, 2.24) is 4.90 Å². The molecule has 0 aliphatic heterocycles. The molecule has 1 atom stereocenters. The normalized spacial score (nSPS) is 11.8. The Morgan fingerprint density at radius 2 is 2.00 bits per heavy atom. The molecule has 138 valence electrons. The van der Waals surface area contributed by atoms with Crippen molar-refractivity contribution in [3.63, 3.8) is 0 Å². The van der Waals surface area contributed by atoms with Crippen LogP contribution >= 0.6 is 24.0 Å². The number of hydrogen-bond acceptors (Lipinski definition) is 4. The van der Waals surface area contributed by atoms with Gasteiger partial charge in [0, 0.05) is 31.8 Å². The Morgan fingerprint density at radius 1 is 1.33 bits per heavy atom. The summed E-state index contributed by atoms with van der Waals surface area (Å²) in [6.45, 7) is 5.56. The van der Waals surface area contributed by atoms with Crippen LogP contribution in [0.3, 0.4) is 0 Å². The van der Waals surface area contributed by atoms with Crippen LogP contribution in [-0.4, -0.2) is 50.8 Å². The lowest BCUT2D eigenvalue weighted by Crippen LogP contribution is -2.34. The maximum Gasteiger partial charge on any atom is 0.257 e. The van der Waals surface area contributed by atoms with E-state index in [4.69, 9.17) is 26.8 Å². The monoisotopic (exact) mass is 378 g/mol. The van der Waals surface area contributed by atoms with Crippen molar-refractivity contribution in [3.8, 4) is 5.75 Å². The molecule has 2 N–H and O–H groups in total. The Kier molecular flexibility index (Phi) is 11.0. The van der Waals surface area contributed by atoms with E-state index in [1.165, 1.54) is 0 Å². The van der Waals surface area contributed by atoms with Gasteiger partial charge in [-0.1, -0.05) is 25.4 Å². The highest BCUT2D eigenvalue weighted by molar-refractivity contribution is 6.31. The first-order valence-electron chi connectivity index (χ1n) is 7.79. The fourth-order valence-electron chi connectivity index (χ4n) is 2.01. The fourth-order valence-corrected chi connectivity index (χ4v) is 2.19. The maximum absolute atomic E-state index is 12.6. The lowest BCUT2D eigenvalue weighted by atomic mass is 10.0. The van der Waals surface area contributed by atoms with Crippen molar-refractivity contribution >= 4 is 29.9 Å². The van der Waals surface area contributed by atoms with E-state index in [2.05, 4.69) is 13.8 Å². The van der Waals surface area contributed by atoms with Crippen molar-refractivity contribution in [2.75, 3.05) is 33.9 Å². The average molecular weight is 379 g/mol. The van der Waals surface area contributed by atoms with Gasteiger partial charge in [0.1, 0.15) is 12.4 Å². The Balaban J connectivity index is 0.00000529. The summed E-state index contributed by atoms with van der Waals surface area (Å²) in [6.07, 6.45) is 0.750. The largest absolute Gasteiger partial charge is 0.490 e. The zero-order valence-electron chi connectivity index (χ0n) is 14.8. The smallest absolute Gasteiger partial charge is 0.257 e. The summed E-state index contributed by atoms with van der Waals surface area (Å²) in [5.74, 6) is 0.768. The number of methoxy groups -OCH3 is 1. The number of benzene rings is 1. The van der Waals surface area contributed by atoms with Crippen LogP contribution in [0.15, 0.2) is 18.2 Å². The summed E-state index contributed by atoms with van der Waals surface area (Å²) in [6, 6.07) is 5.11. The molecule has 1 rings (SSSR count). The second kappa shape index (κ2) is 11.5. The summed E-state index contributed by atoms with van der Waals surface area (Å²) in [4.78, 5) is 14.3. The molecule has 0 spiro atoms. The van der Waals surface area contributed by atoms with Gasteiger partial charge in [-0.25, -0.2) is 0 Å². The third-order valence-corrected chi connectivity index (χ3v) is 3.95. The van der Waals surface area contributed by atoms with Crippen molar-refractivity contribution in [1.29, 1.82) is 0 Å². The quantitative estimate of drug-likeness (QED) is 0.669. The molecule has 1 aromatic rings. The number of carbonyl (C=O) groups excluding carboxylic acids is 1. The molecule has 24 heavy (non-hydrogen) atoms. The molecule has 0 aliphatic carbocycles. The molecule has 0 saturated carbocycles. The van der Waals surface area contributed by atoms with Gasteiger partial charge in [-0.05, 0) is 30.5 Å². The Bertz CT molecular complexity index is 513. The number of nitrogens with two attached hydrogens (primary N) is 1. The van der Waals surface area contributed by atoms with Crippen molar-refractivity contribution in [2.45, 2.75) is 26.3 Å².